The van der Waals surface area contributed by atoms with E-state index >= 15 is 0 Å². The van der Waals surface area contributed by atoms with E-state index in [1.807, 2.05) is 26.2 Å². The first-order valence-electron chi connectivity index (χ1n) is 11.0. The Morgan fingerprint density at radius 1 is 1.24 bits per heavy atom. The predicted molar refractivity (Wildman–Crippen MR) is 121 cm³/mol. The number of carbonyl (C=O) groups excluding carboxylic acids is 2. The molecular formula is C23H25N7O3. The molecule has 170 valence electrons. The molecule has 1 saturated carbocycles. The maximum Gasteiger partial charge on any atom is 0.331 e. The molecular weight excluding hydrogens is 422 g/mol. The summed E-state index contributed by atoms with van der Waals surface area (Å²) >= 11 is 0. The van der Waals surface area contributed by atoms with Crippen molar-refractivity contribution in [2.24, 2.45) is 7.05 Å². The van der Waals surface area contributed by atoms with Crippen molar-refractivity contribution in [3.8, 4) is 22.8 Å². The number of amides is 4. The molecule has 0 spiro atoms. The molecule has 1 saturated heterocycles. The molecule has 3 aromatic heterocycles. The summed E-state index contributed by atoms with van der Waals surface area (Å²) in [5.74, 6) is 1.60. The molecule has 0 unspecified atom stereocenters. The monoisotopic (exact) mass is 447 g/mol. The van der Waals surface area contributed by atoms with Crippen LogP contribution in [-0.2, 0) is 13.5 Å². The average molecular weight is 447 g/mol. The molecule has 1 aliphatic carbocycles. The molecule has 0 atom stereocenters. The number of nitrogens with one attached hydrogen (secondary N) is 1. The third kappa shape index (κ3) is 4.36. The van der Waals surface area contributed by atoms with Crippen molar-refractivity contribution < 1.29 is 14.3 Å². The number of hydrogen-bond acceptors (Lipinski definition) is 6. The number of imide groups is 1. The van der Waals surface area contributed by atoms with Crippen LogP contribution < -0.4 is 10.1 Å². The summed E-state index contributed by atoms with van der Waals surface area (Å²) in [5, 5.41) is 6.93. The highest BCUT2D eigenvalue weighted by Gasteiger charge is 2.41. The largest absolute Gasteiger partial charge is 0.455 e. The van der Waals surface area contributed by atoms with E-state index in [0.717, 1.165) is 24.1 Å². The van der Waals surface area contributed by atoms with Crippen molar-refractivity contribution in [2.45, 2.75) is 32.2 Å². The molecule has 0 aromatic carbocycles. The zero-order chi connectivity index (χ0) is 22.9. The van der Waals surface area contributed by atoms with Crippen LogP contribution in [0.1, 0.15) is 25.5 Å². The van der Waals surface area contributed by atoms with Crippen LogP contribution in [0.5, 0.6) is 11.5 Å². The first-order valence-corrected chi connectivity index (χ1v) is 11.0. The van der Waals surface area contributed by atoms with Gasteiger partial charge in [0.15, 0.2) is 0 Å². The number of hydrogen-bond donors (Lipinski definition) is 1. The second-order valence-electron chi connectivity index (χ2n) is 8.17. The molecule has 33 heavy (non-hydrogen) atoms. The first kappa shape index (κ1) is 20.9. The van der Waals surface area contributed by atoms with E-state index in [1.54, 1.807) is 40.2 Å². The second kappa shape index (κ2) is 8.53. The number of nitrogens with zero attached hydrogens (tertiary/aromatic N) is 6. The summed E-state index contributed by atoms with van der Waals surface area (Å²) in [6.45, 7) is 2.94. The molecule has 2 fully saturated rings. The minimum atomic E-state index is -0.457. The van der Waals surface area contributed by atoms with Crippen LogP contribution in [0.2, 0.25) is 0 Å². The smallest absolute Gasteiger partial charge is 0.331 e. The molecule has 1 N–H and O–H groups in total. The fraction of sp³-hybridized carbons (Fsp3) is 0.348. The van der Waals surface area contributed by atoms with Gasteiger partial charge in [0.1, 0.15) is 17.3 Å². The van der Waals surface area contributed by atoms with Crippen molar-refractivity contribution in [3.05, 3.63) is 48.5 Å². The normalized spacial score (nSPS) is 15.8. The van der Waals surface area contributed by atoms with Crippen molar-refractivity contribution in [1.29, 1.82) is 0 Å². The zero-order valence-electron chi connectivity index (χ0n) is 18.6. The molecule has 4 amide bonds. The third-order valence-corrected chi connectivity index (χ3v) is 5.74. The minimum absolute atomic E-state index is 0.229. The molecule has 2 aliphatic rings. The maximum atomic E-state index is 12.6. The van der Waals surface area contributed by atoms with Gasteiger partial charge in [0.05, 0.1) is 17.6 Å². The highest BCUT2D eigenvalue weighted by Crippen LogP contribution is 2.31. The van der Waals surface area contributed by atoms with Crippen LogP contribution >= 0.6 is 0 Å². The lowest BCUT2D eigenvalue weighted by Gasteiger charge is -2.17. The van der Waals surface area contributed by atoms with Crippen molar-refractivity contribution in [1.82, 2.24) is 29.5 Å². The molecule has 10 heteroatoms. The van der Waals surface area contributed by atoms with Crippen LogP contribution in [0.3, 0.4) is 0 Å². The van der Waals surface area contributed by atoms with E-state index in [1.165, 1.54) is 4.90 Å². The predicted octanol–water partition coefficient (Wildman–Crippen LogP) is 3.66. The number of urea groups is 2. The Morgan fingerprint density at radius 3 is 2.82 bits per heavy atom. The highest BCUT2D eigenvalue weighted by molar-refractivity contribution is 6.01. The van der Waals surface area contributed by atoms with E-state index in [4.69, 9.17) is 4.74 Å². The standard InChI is InChI=1S/C23H25N7O3/c1-3-18-20(33-17-8-9-24-19(12-17)15-13-25-28(2)14-15)6-7-21(26-18)27-22(31)30-11-10-29(23(30)32)16-4-5-16/h6-9,12-14,16H,3-5,10-11H2,1-2H3,(H,26,27,31). The van der Waals surface area contributed by atoms with Gasteiger partial charge < -0.3 is 9.64 Å². The Labute approximate surface area is 191 Å². The Balaban J connectivity index is 1.29. The van der Waals surface area contributed by atoms with Crippen LogP contribution in [0, 0.1) is 0 Å². The summed E-state index contributed by atoms with van der Waals surface area (Å²) in [7, 11) is 1.85. The number of aromatic nitrogens is 4. The molecule has 0 radical (unpaired) electrons. The van der Waals surface area contributed by atoms with E-state index in [2.05, 4.69) is 20.4 Å². The Bertz CT molecular complexity index is 1200. The van der Waals surface area contributed by atoms with Gasteiger partial charge in [0.25, 0.3) is 0 Å². The number of anilines is 1. The molecule has 4 heterocycles. The maximum absolute atomic E-state index is 12.6. The molecule has 10 nitrogen and oxygen atoms in total. The van der Waals surface area contributed by atoms with Gasteiger partial charge in [-0.3, -0.25) is 15.0 Å². The van der Waals surface area contributed by atoms with Gasteiger partial charge in [0, 0.05) is 50.2 Å². The van der Waals surface area contributed by atoms with Crippen molar-refractivity contribution in [2.75, 3.05) is 18.4 Å². The average Bonchev–Trinajstić information content (AvgIpc) is 3.44. The van der Waals surface area contributed by atoms with Crippen LogP contribution in [0.4, 0.5) is 15.4 Å². The SMILES string of the molecule is CCc1nc(NC(=O)N2CCN(C3CC3)C2=O)ccc1Oc1ccnc(-c2cnn(C)c2)c1. The minimum Gasteiger partial charge on any atom is -0.455 e. The molecule has 1 aliphatic heterocycles. The quantitative estimate of drug-likeness (QED) is 0.618. The summed E-state index contributed by atoms with van der Waals surface area (Å²) in [5.41, 5.74) is 2.34. The Kier molecular flexibility index (Phi) is 5.41. The lowest BCUT2D eigenvalue weighted by atomic mass is 10.2. The van der Waals surface area contributed by atoms with Crippen LogP contribution in [0.15, 0.2) is 42.9 Å². The first-order chi connectivity index (χ1) is 16.0. The lowest BCUT2D eigenvalue weighted by Crippen LogP contribution is -2.39. The van der Waals surface area contributed by atoms with Crippen molar-refractivity contribution >= 4 is 17.9 Å². The number of aryl methyl sites for hydroxylation is 2. The van der Waals surface area contributed by atoms with Gasteiger partial charge in [-0.15, -0.1) is 0 Å². The molecule has 3 aromatic rings. The Hall–Kier alpha value is -3.95. The topological polar surface area (TPSA) is 105 Å². The van der Waals surface area contributed by atoms with Crippen LogP contribution in [0.25, 0.3) is 11.3 Å². The molecule has 0 bridgehead atoms. The fourth-order valence-electron chi connectivity index (χ4n) is 3.86. The number of ether oxygens (including phenoxy) is 1. The fourth-order valence-corrected chi connectivity index (χ4v) is 3.86. The summed E-state index contributed by atoms with van der Waals surface area (Å²) in [4.78, 5) is 37.1. The number of carbonyl (C=O) groups is 2. The van der Waals surface area contributed by atoms with Crippen LogP contribution in [-0.4, -0.2) is 60.7 Å². The third-order valence-electron chi connectivity index (χ3n) is 5.74. The highest BCUT2D eigenvalue weighted by atomic mass is 16.5. The van der Waals surface area contributed by atoms with Gasteiger partial charge in [-0.2, -0.15) is 5.10 Å². The van der Waals surface area contributed by atoms with Gasteiger partial charge in [0.2, 0.25) is 0 Å². The number of pyridine rings is 2. The van der Waals surface area contributed by atoms with E-state index in [0.29, 0.717) is 48.6 Å². The van der Waals surface area contributed by atoms with Crippen molar-refractivity contribution in [3.63, 3.8) is 0 Å². The van der Waals surface area contributed by atoms with Gasteiger partial charge in [-0.05, 0) is 37.5 Å². The summed E-state index contributed by atoms with van der Waals surface area (Å²) in [6, 6.07) is 6.68. The summed E-state index contributed by atoms with van der Waals surface area (Å²) < 4.78 is 7.80. The van der Waals surface area contributed by atoms with Gasteiger partial charge in [-0.1, -0.05) is 6.92 Å². The van der Waals surface area contributed by atoms with Gasteiger partial charge in [-0.25, -0.2) is 19.5 Å². The summed E-state index contributed by atoms with van der Waals surface area (Å²) in [6.07, 6.45) is 7.97. The van der Waals surface area contributed by atoms with E-state index in [-0.39, 0.29) is 6.03 Å². The zero-order valence-corrected chi connectivity index (χ0v) is 18.6. The van der Waals surface area contributed by atoms with E-state index < -0.39 is 6.03 Å². The van der Waals surface area contributed by atoms with E-state index in [9.17, 15) is 9.59 Å². The second-order valence-corrected chi connectivity index (χ2v) is 8.17. The lowest BCUT2D eigenvalue weighted by molar-refractivity contribution is 0.189. The van der Waals surface area contributed by atoms with Gasteiger partial charge >= 0.3 is 12.1 Å². The molecule has 5 rings (SSSR count). The Morgan fingerprint density at radius 2 is 2.09 bits per heavy atom. The number of rotatable bonds is 6.